The van der Waals surface area contributed by atoms with Crippen molar-refractivity contribution in [2.75, 3.05) is 5.32 Å². The van der Waals surface area contributed by atoms with Crippen LogP contribution >= 0.6 is 0 Å². The first-order valence-electron chi connectivity index (χ1n) is 3.84. The lowest BCUT2D eigenvalue weighted by atomic mass is 10.2. The Morgan fingerprint density at radius 3 is 3.00 bits per heavy atom. The van der Waals surface area contributed by atoms with Crippen LogP contribution < -0.4 is 5.32 Å². The average molecular weight is 167 g/mol. The number of nitrogens with one attached hydrogen (secondary N) is 1. The Kier molecular flexibility index (Phi) is 2.79. The summed E-state index contributed by atoms with van der Waals surface area (Å²) in [6.45, 7) is 5.71. The van der Waals surface area contributed by atoms with Crippen LogP contribution in [0.5, 0.6) is 0 Å². The standard InChI is InChI=1S/C7H13N5/c1-4-5-6(2)8-7-9-10-11-12(7)3/h4,6H,1,5H2,2-3H3,(H,8,9,11). The van der Waals surface area contributed by atoms with Gasteiger partial charge in [-0.3, -0.25) is 0 Å². The molecular weight excluding hydrogens is 154 g/mol. The molecule has 12 heavy (non-hydrogen) atoms. The predicted molar refractivity (Wildman–Crippen MR) is 46.7 cm³/mol. The first kappa shape index (κ1) is 8.70. The lowest BCUT2D eigenvalue weighted by molar-refractivity contribution is 0.701. The van der Waals surface area contributed by atoms with Crippen molar-refractivity contribution in [2.45, 2.75) is 19.4 Å². The highest BCUT2D eigenvalue weighted by atomic mass is 15.6. The third-order valence-electron chi connectivity index (χ3n) is 1.52. The summed E-state index contributed by atoms with van der Waals surface area (Å²) < 4.78 is 1.60. The van der Waals surface area contributed by atoms with E-state index in [9.17, 15) is 0 Å². The SMILES string of the molecule is C=CCC(C)Nc1nnnn1C. The molecule has 1 N–H and O–H groups in total. The number of aryl methyl sites for hydroxylation is 1. The molecule has 5 nitrogen and oxygen atoms in total. The van der Waals surface area contributed by atoms with Crippen molar-refractivity contribution < 1.29 is 0 Å². The van der Waals surface area contributed by atoms with Crippen molar-refractivity contribution in [3.63, 3.8) is 0 Å². The van der Waals surface area contributed by atoms with E-state index in [-0.39, 0.29) is 0 Å². The number of rotatable bonds is 4. The topological polar surface area (TPSA) is 55.6 Å². The van der Waals surface area contributed by atoms with Crippen LogP contribution in [0.1, 0.15) is 13.3 Å². The van der Waals surface area contributed by atoms with Gasteiger partial charge in [-0.15, -0.1) is 6.58 Å². The van der Waals surface area contributed by atoms with E-state index in [1.165, 1.54) is 0 Å². The maximum atomic E-state index is 3.79. The summed E-state index contributed by atoms with van der Waals surface area (Å²) in [5.74, 6) is 0.685. The van der Waals surface area contributed by atoms with Crippen LogP contribution in [0.3, 0.4) is 0 Å². The summed E-state index contributed by atoms with van der Waals surface area (Å²) in [5.41, 5.74) is 0. The molecule has 0 aliphatic carbocycles. The van der Waals surface area contributed by atoms with Crippen molar-refractivity contribution in [1.29, 1.82) is 0 Å². The number of tetrazole rings is 1. The fourth-order valence-electron chi connectivity index (χ4n) is 0.881. The molecular formula is C7H13N5. The van der Waals surface area contributed by atoms with E-state index in [0.717, 1.165) is 6.42 Å². The molecule has 0 saturated heterocycles. The Morgan fingerprint density at radius 1 is 1.75 bits per heavy atom. The molecule has 1 aromatic rings. The summed E-state index contributed by atoms with van der Waals surface area (Å²) >= 11 is 0. The van der Waals surface area contributed by atoms with Crippen molar-refractivity contribution in [2.24, 2.45) is 7.05 Å². The van der Waals surface area contributed by atoms with Gasteiger partial charge in [-0.25, -0.2) is 4.68 Å². The van der Waals surface area contributed by atoms with Gasteiger partial charge in [-0.1, -0.05) is 11.2 Å². The highest BCUT2D eigenvalue weighted by Crippen LogP contribution is 2.01. The molecule has 1 heterocycles. The van der Waals surface area contributed by atoms with Crippen LogP contribution in [-0.2, 0) is 7.05 Å². The summed E-state index contributed by atoms with van der Waals surface area (Å²) in [7, 11) is 1.79. The zero-order valence-corrected chi connectivity index (χ0v) is 7.36. The highest BCUT2D eigenvalue weighted by Gasteiger charge is 2.04. The quantitative estimate of drug-likeness (QED) is 0.667. The van der Waals surface area contributed by atoms with Gasteiger partial charge in [0.1, 0.15) is 0 Å². The van der Waals surface area contributed by atoms with Crippen molar-refractivity contribution in [1.82, 2.24) is 20.2 Å². The van der Waals surface area contributed by atoms with Gasteiger partial charge in [-0.2, -0.15) is 0 Å². The van der Waals surface area contributed by atoms with Gasteiger partial charge >= 0.3 is 0 Å². The van der Waals surface area contributed by atoms with Crippen LogP contribution in [0.15, 0.2) is 12.7 Å². The van der Waals surface area contributed by atoms with Crippen LogP contribution in [0, 0.1) is 0 Å². The third-order valence-corrected chi connectivity index (χ3v) is 1.52. The van der Waals surface area contributed by atoms with Crippen LogP contribution in [0.2, 0.25) is 0 Å². The molecule has 0 amide bonds. The summed E-state index contributed by atoms with van der Waals surface area (Å²) in [6.07, 6.45) is 2.76. The van der Waals surface area contributed by atoms with Crippen LogP contribution in [0.25, 0.3) is 0 Å². The minimum Gasteiger partial charge on any atom is -0.350 e. The molecule has 0 aliphatic heterocycles. The lowest BCUT2D eigenvalue weighted by Gasteiger charge is -2.09. The van der Waals surface area contributed by atoms with E-state index in [1.807, 2.05) is 6.08 Å². The molecule has 0 spiro atoms. The molecule has 1 aromatic heterocycles. The Hall–Kier alpha value is -1.39. The molecule has 0 saturated carbocycles. The lowest BCUT2D eigenvalue weighted by Crippen LogP contribution is -2.17. The van der Waals surface area contributed by atoms with Gasteiger partial charge in [0.15, 0.2) is 0 Å². The Balaban J connectivity index is 2.51. The molecule has 0 aliphatic rings. The van der Waals surface area contributed by atoms with E-state index < -0.39 is 0 Å². The molecule has 0 bridgehead atoms. The van der Waals surface area contributed by atoms with Gasteiger partial charge in [0.05, 0.1) is 0 Å². The van der Waals surface area contributed by atoms with Crippen molar-refractivity contribution in [3.8, 4) is 0 Å². The second-order valence-electron chi connectivity index (χ2n) is 2.70. The maximum Gasteiger partial charge on any atom is 0.242 e. The zero-order valence-electron chi connectivity index (χ0n) is 7.36. The number of anilines is 1. The zero-order chi connectivity index (χ0) is 8.97. The van der Waals surface area contributed by atoms with Gasteiger partial charge in [0, 0.05) is 13.1 Å². The molecule has 0 radical (unpaired) electrons. The highest BCUT2D eigenvalue weighted by molar-refractivity contribution is 5.22. The van der Waals surface area contributed by atoms with E-state index >= 15 is 0 Å². The van der Waals surface area contributed by atoms with Gasteiger partial charge in [-0.05, 0) is 23.8 Å². The van der Waals surface area contributed by atoms with Crippen molar-refractivity contribution >= 4 is 5.95 Å². The summed E-state index contributed by atoms with van der Waals surface area (Å²) in [5, 5.41) is 14.1. The molecule has 0 aromatic carbocycles. The summed E-state index contributed by atoms with van der Waals surface area (Å²) in [4.78, 5) is 0. The normalized spacial score (nSPS) is 12.5. The summed E-state index contributed by atoms with van der Waals surface area (Å²) in [6, 6.07) is 0.312. The maximum absolute atomic E-state index is 3.79. The number of hydrogen-bond donors (Lipinski definition) is 1. The Bertz CT molecular complexity index is 254. The van der Waals surface area contributed by atoms with Gasteiger partial charge in [0.2, 0.25) is 5.95 Å². The Labute approximate surface area is 71.5 Å². The van der Waals surface area contributed by atoms with Crippen LogP contribution in [0.4, 0.5) is 5.95 Å². The van der Waals surface area contributed by atoms with Crippen LogP contribution in [-0.4, -0.2) is 26.2 Å². The monoisotopic (exact) mass is 167 g/mol. The second-order valence-corrected chi connectivity index (χ2v) is 2.70. The molecule has 1 unspecified atom stereocenters. The first-order valence-corrected chi connectivity index (χ1v) is 3.84. The molecule has 5 heteroatoms. The Morgan fingerprint density at radius 2 is 2.50 bits per heavy atom. The van der Waals surface area contributed by atoms with E-state index in [1.54, 1.807) is 11.7 Å². The predicted octanol–water partition coefficient (Wildman–Crippen LogP) is 0.587. The van der Waals surface area contributed by atoms with E-state index in [2.05, 4.69) is 34.3 Å². The van der Waals surface area contributed by atoms with E-state index in [4.69, 9.17) is 0 Å². The molecule has 66 valence electrons. The fraction of sp³-hybridized carbons (Fsp3) is 0.571. The molecule has 0 fully saturated rings. The average Bonchev–Trinajstić information content (AvgIpc) is 2.37. The number of hydrogen-bond acceptors (Lipinski definition) is 4. The number of nitrogens with zero attached hydrogens (tertiary/aromatic N) is 4. The smallest absolute Gasteiger partial charge is 0.242 e. The molecule has 1 rings (SSSR count). The molecule has 1 atom stereocenters. The van der Waals surface area contributed by atoms with E-state index in [0.29, 0.717) is 12.0 Å². The number of aromatic nitrogens is 4. The second kappa shape index (κ2) is 3.85. The fourth-order valence-corrected chi connectivity index (χ4v) is 0.881. The third kappa shape index (κ3) is 2.05. The minimum absolute atomic E-state index is 0.312. The minimum atomic E-state index is 0.312. The van der Waals surface area contributed by atoms with Gasteiger partial charge < -0.3 is 5.32 Å². The largest absolute Gasteiger partial charge is 0.350 e. The van der Waals surface area contributed by atoms with Crippen molar-refractivity contribution in [3.05, 3.63) is 12.7 Å². The first-order chi connectivity index (χ1) is 5.74. The van der Waals surface area contributed by atoms with Gasteiger partial charge in [0.25, 0.3) is 0 Å².